The summed E-state index contributed by atoms with van der Waals surface area (Å²) in [5, 5.41) is 6.52. The molecule has 1 N–H and O–H groups in total. The predicted octanol–water partition coefficient (Wildman–Crippen LogP) is 0.0448. The second-order valence-electron chi connectivity index (χ2n) is 3.99. The number of aromatic nitrogens is 2. The highest BCUT2D eigenvalue weighted by molar-refractivity contribution is 7.92. The average molecular weight is 245 g/mol. The van der Waals surface area contributed by atoms with Gasteiger partial charge in [0.15, 0.2) is 15.7 Å². The normalized spacial score (nSPS) is 23.7. The Labute approximate surface area is 94.3 Å². The Bertz CT molecular complexity index is 454. The first-order valence-corrected chi connectivity index (χ1v) is 7.01. The molecule has 1 saturated heterocycles. The van der Waals surface area contributed by atoms with E-state index in [4.69, 9.17) is 4.52 Å². The van der Waals surface area contributed by atoms with E-state index in [1.165, 1.54) is 0 Å². The number of hydrogen-bond acceptors (Lipinski definition) is 6. The fourth-order valence-corrected chi connectivity index (χ4v) is 3.65. The molecule has 0 amide bonds. The van der Waals surface area contributed by atoms with Crippen molar-refractivity contribution in [3.8, 4) is 0 Å². The van der Waals surface area contributed by atoms with Crippen LogP contribution >= 0.6 is 0 Å². The number of rotatable bonds is 4. The third kappa shape index (κ3) is 2.59. The van der Waals surface area contributed by atoms with Gasteiger partial charge in [-0.2, -0.15) is 4.98 Å². The first-order chi connectivity index (χ1) is 7.58. The molecule has 1 aromatic rings. The number of nitrogens with zero attached hydrogens (tertiary/aromatic N) is 2. The molecular weight excluding hydrogens is 230 g/mol. The van der Waals surface area contributed by atoms with Crippen LogP contribution < -0.4 is 5.32 Å². The summed E-state index contributed by atoms with van der Waals surface area (Å²) in [6, 6.07) is 0. The zero-order valence-electron chi connectivity index (χ0n) is 9.14. The molecule has 7 heteroatoms. The maximum absolute atomic E-state index is 11.5. The van der Waals surface area contributed by atoms with Crippen molar-refractivity contribution >= 4 is 9.84 Å². The van der Waals surface area contributed by atoms with Gasteiger partial charge in [-0.05, 0) is 12.8 Å². The van der Waals surface area contributed by atoms with Gasteiger partial charge in [0.1, 0.15) is 0 Å². The number of aryl methyl sites for hydroxylation is 1. The Kier molecular flexibility index (Phi) is 3.25. The van der Waals surface area contributed by atoms with Crippen LogP contribution in [0.1, 0.15) is 24.6 Å². The van der Waals surface area contributed by atoms with E-state index in [2.05, 4.69) is 15.5 Å². The van der Waals surface area contributed by atoms with Crippen molar-refractivity contribution in [1.29, 1.82) is 0 Å². The third-order valence-electron chi connectivity index (χ3n) is 2.69. The van der Waals surface area contributed by atoms with Crippen molar-refractivity contribution in [1.82, 2.24) is 15.5 Å². The van der Waals surface area contributed by atoms with E-state index in [0.29, 0.717) is 30.6 Å². The molecule has 0 spiro atoms. The Morgan fingerprint density at radius 1 is 1.56 bits per heavy atom. The second kappa shape index (κ2) is 4.50. The second-order valence-corrected chi connectivity index (χ2v) is 6.39. The molecule has 6 nitrogen and oxygen atoms in total. The minimum absolute atomic E-state index is 0.250. The fraction of sp³-hybridized carbons (Fsp3) is 0.778. The standard InChI is InChI=1S/C9H15N3O3S/c1-7-11-9(12-15-7)6-10-5-8-3-2-4-16(8,13)14/h8,10H,2-6H2,1H3. The lowest BCUT2D eigenvalue weighted by atomic mass is 10.2. The fourth-order valence-electron chi connectivity index (χ4n) is 1.85. The molecule has 0 saturated carbocycles. The Morgan fingerprint density at radius 3 is 2.94 bits per heavy atom. The molecule has 1 aliphatic rings. The summed E-state index contributed by atoms with van der Waals surface area (Å²) in [4.78, 5) is 4.02. The van der Waals surface area contributed by atoms with Gasteiger partial charge in [0.05, 0.1) is 17.5 Å². The third-order valence-corrected chi connectivity index (χ3v) is 4.96. The number of hydrogen-bond donors (Lipinski definition) is 1. The van der Waals surface area contributed by atoms with Crippen LogP contribution in [0.3, 0.4) is 0 Å². The van der Waals surface area contributed by atoms with Crippen molar-refractivity contribution < 1.29 is 12.9 Å². The van der Waals surface area contributed by atoms with E-state index in [0.717, 1.165) is 12.8 Å². The van der Waals surface area contributed by atoms with Gasteiger partial charge in [-0.25, -0.2) is 8.42 Å². The van der Waals surface area contributed by atoms with Crippen LogP contribution in [0.2, 0.25) is 0 Å². The zero-order valence-corrected chi connectivity index (χ0v) is 9.96. The molecule has 0 bridgehead atoms. The highest BCUT2D eigenvalue weighted by atomic mass is 32.2. The van der Waals surface area contributed by atoms with Gasteiger partial charge in [-0.3, -0.25) is 0 Å². The molecule has 1 aliphatic heterocycles. The van der Waals surface area contributed by atoms with Crippen molar-refractivity contribution in [3.05, 3.63) is 11.7 Å². The van der Waals surface area contributed by atoms with Crippen LogP contribution in [0, 0.1) is 6.92 Å². The Morgan fingerprint density at radius 2 is 2.38 bits per heavy atom. The molecule has 16 heavy (non-hydrogen) atoms. The first kappa shape index (κ1) is 11.5. The molecular formula is C9H15N3O3S. The van der Waals surface area contributed by atoms with Crippen molar-refractivity contribution in [2.24, 2.45) is 0 Å². The maximum Gasteiger partial charge on any atom is 0.223 e. The van der Waals surface area contributed by atoms with Crippen molar-refractivity contribution in [2.45, 2.75) is 31.6 Å². The molecule has 0 aromatic carbocycles. The van der Waals surface area contributed by atoms with Crippen LogP contribution in [0.25, 0.3) is 0 Å². The van der Waals surface area contributed by atoms with Crippen LogP contribution in [-0.2, 0) is 16.4 Å². The molecule has 0 aliphatic carbocycles. The van der Waals surface area contributed by atoms with Gasteiger partial charge in [0, 0.05) is 13.5 Å². The monoisotopic (exact) mass is 245 g/mol. The van der Waals surface area contributed by atoms with Crippen LogP contribution in [0.5, 0.6) is 0 Å². The molecule has 1 unspecified atom stereocenters. The van der Waals surface area contributed by atoms with E-state index in [9.17, 15) is 8.42 Å². The summed E-state index contributed by atoms with van der Waals surface area (Å²) in [5.41, 5.74) is 0. The van der Waals surface area contributed by atoms with Gasteiger partial charge in [0.25, 0.3) is 0 Å². The van der Waals surface area contributed by atoms with E-state index in [1.807, 2.05) is 0 Å². The zero-order chi connectivity index (χ0) is 11.6. The van der Waals surface area contributed by atoms with Crippen LogP contribution in [0.15, 0.2) is 4.52 Å². The molecule has 90 valence electrons. The average Bonchev–Trinajstić information content (AvgIpc) is 2.74. The lowest BCUT2D eigenvalue weighted by molar-refractivity contribution is 0.385. The molecule has 2 rings (SSSR count). The minimum atomic E-state index is -2.86. The minimum Gasteiger partial charge on any atom is -0.340 e. The lowest BCUT2D eigenvalue weighted by Gasteiger charge is -2.08. The largest absolute Gasteiger partial charge is 0.340 e. The molecule has 2 heterocycles. The summed E-state index contributed by atoms with van der Waals surface area (Å²) in [5.74, 6) is 1.40. The number of nitrogens with one attached hydrogen (secondary N) is 1. The van der Waals surface area contributed by atoms with Gasteiger partial charge in [-0.1, -0.05) is 5.16 Å². The first-order valence-electron chi connectivity index (χ1n) is 5.29. The summed E-state index contributed by atoms with van der Waals surface area (Å²) in [7, 11) is -2.86. The van der Waals surface area contributed by atoms with E-state index in [1.54, 1.807) is 6.92 Å². The van der Waals surface area contributed by atoms with Gasteiger partial charge in [0.2, 0.25) is 5.89 Å². The summed E-state index contributed by atoms with van der Waals surface area (Å²) >= 11 is 0. The van der Waals surface area contributed by atoms with E-state index >= 15 is 0 Å². The number of sulfone groups is 1. The topological polar surface area (TPSA) is 85.1 Å². The predicted molar refractivity (Wildman–Crippen MR) is 57.6 cm³/mol. The van der Waals surface area contributed by atoms with Gasteiger partial charge < -0.3 is 9.84 Å². The van der Waals surface area contributed by atoms with E-state index in [-0.39, 0.29) is 5.25 Å². The quantitative estimate of drug-likeness (QED) is 0.806. The van der Waals surface area contributed by atoms with Gasteiger partial charge in [-0.15, -0.1) is 0 Å². The molecule has 1 aromatic heterocycles. The van der Waals surface area contributed by atoms with Gasteiger partial charge >= 0.3 is 0 Å². The van der Waals surface area contributed by atoms with Crippen LogP contribution in [-0.4, -0.2) is 36.1 Å². The summed E-state index contributed by atoms with van der Waals surface area (Å²) in [6.45, 7) is 2.64. The highest BCUT2D eigenvalue weighted by Crippen LogP contribution is 2.18. The summed E-state index contributed by atoms with van der Waals surface area (Å²) < 4.78 is 27.8. The smallest absolute Gasteiger partial charge is 0.223 e. The molecule has 1 fully saturated rings. The van der Waals surface area contributed by atoms with Crippen LogP contribution in [0.4, 0.5) is 0 Å². The lowest BCUT2D eigenvalue weighted by Crippen LogP contribution is -2.30. The van der Waals surface area contributed by atoms with Crippen molar-refractivity contribution in [3.63, 3.8) is 0 Å². The SMILES string of the molecule is Cc1nc(CNCC2CCCS2(=O)=O)no1. The highest BCUT2D eigenvalue weighted by Gasteiger charge is 2.30. The van der Waals surface area contributed by atoms with Crippen molar-refractivity contribution in [2.75, 3.05) is 12.3 Å². The Hall–Kier alpha value is -0.950. The molecule has 1 atom stereocenters. The summed E-state index contributed by atoms with van der Waals surface area (Å²) in [6.07, 6.45) is 1.52. The Balaban J connectivity index is 1.80. The molecule has 0 radical (unpaired) electrons. The van der Waals surface area contributed by atoms with E-state index < -0.39 is 9.84 Å². The maximum atomic E-state index is 11.5.